The van der Waals surface area contributed by atoms with Crippen LogP contribution in [-0.2, 0) is 22.0 Å². The highest BCUT2D eigenvalue weighted by atomic mass is 16.4. The Morgan fingerprint density at radius 3 is 2.24 bits per heavy atom. The summed E-state index contributed by atoms with van der Waals surface area (Å²) in [5.74, 6) is -0.925. The van der Waals surface area contributed by atoms with Crippen molar-refractivity contribution in [1.82, 2.24) is 0 Å². The predicted molar refractivity (Wildman–Crippen MR) is 121 cm³/mol. The first kappa shape index (κ1) is 21.1. The molecule has 0 amide bonds. The van der Waals surface area contributed by atoms with Gasteiger partial charge in [-0.05, 0) is 70.4 Å². The summed E-state index contributed by atoms with van der Waals surface area (Å²) in [7, 11) is 0. The van der Waals surface area contributed by atoms with Crippen LogP contribution in [0.2, 0.25) is 0 Å². The number of carbonyl (C=O) groups is 1. The lowest BCUT2D eigenvalue weighted by Crippen LogP contribution is -2.33. The SMILES string of the molecule is CC1(C)CCC(C)(C)c2cc(CC/C=C(/C=C\C(=O)O)c3ccccc3)ccc21. The number of hydrogen-bond acceptors (Lipinski definition) is 1. The minimum absolute atomic E-state index is 0.218. The zero-order chi connectivity index (χ0) is 21.1. The molecule has 0 bridgehead atoms. The molecule has 3 rings (SSSR count). The van der Waals surface area contributed by atoms with Gasteiger partial charge >= 0.3 is 5.97 Å². The standard InChI is InChI=1S/C27H32O2/c1-26(2)17-18-27(3,4)24-19-20(13-15-23(24)26)9-8-12-22(14-16-25(28)29)21-10-6-5-7-11-21/h5-7,10-16,19H,8-9,17-18H2,1-4H3,(H,28,29)/b16-14-,22-12-. The Bertz CT molecular complexity index is 930. The van der Waals surface area contributed by atoms with Crippen molar-refractivity contribution >= 4 is 11.5 Å². The Hall–Kier alpha value is -2.61. The van der Waals surface area contributed by atoms with E-state index in [0.717, 1.165) is 24.0 Å². The molecule has 0 heterocycles. The molecule has 1 N–H and O–H groups in total. The quantitative estimate of drug-likeness (QED) is 0.442. The van der Waals surface area contributed by atoms with Gasteiger partial charge in [0.2, 0.25) is 0 Å². The zero-order valence-electron chi connectivity index (χ0n) is 18.0. The molecular formula is C27H32O2. The molecule has 2 aromatic carbocycles. The molecule has 0 saturated carbocycles. The lowest BCUT2D eigenvalue weighted by atomic mass is 9.63. The number of rotatable bonds is 6. The second-order valence-electron chi connectivity index (χ2n) is 9.38. The van der Waals surface area contributed by atoms with E-state index in [1.165, 1.54) is 35.6 Å². The second-order valence-corrected chi connectivity index (χ2v) is 9.38. The van der Waals surface area contributed by atoms with Crippen LogP contribution in [0, 0.1) is 0 Å². The van der Waals surface area contributed by atoms with Gasteiger partial charge in [-0.15, -0.1) is 0 Å². The van der Waals surface area contributed by atoms with Crippen molar-refractivity contribution in [2.24, 2.45) is 0 Å². The number of fused-ring (bicyclic) bond motifs is 1. The monoisotopic (exact) mass is 388 g/mol. The van der Waals surface area contributed by atoms with E-state index >= 15 is 0 Å². The van der Waals surface area contributed by atoms with Crippen molar-refractivity contribution in [3.05, 3.63) is 89.0 Å². The number of benzene rings is 2. The summed E-state index contributed by atoms with van der Waals surface area (Å²) in [6, 6.07) is 17.0. The van der Waals surface area contributed by atoms with E-state index < -0.39 is 5.97 Å². The lowest BCUT2D eigenvalue weighted by Gasteiger charge is -2.42. The average Bonchev–Trinajstić information content (AvgIpc) is 2.68. The van der Waals surface area contributed by atoms with Crippen molar-refractivity contribution in [2.45, 2.75) is 64.2 Å². The van der Waals surface area contributed by atoms with Gasteiger partial charge in [-0.25, -0.2) is 4.79 Å². The van der Waals surface area contributed by atoms with Crippen molar-refractivity contribution in [3.63, 3.8) is 0 Å². The molecule has 0 unspecified atom stereocenters. The fraction of sp³-hybridized carbons (Fsp3) is 0.370. The molecule has 2 nitrogen and oxygen atoms in total. The van der Waals surface area contributed by atoms with Gasteiger partial charge in [0, 0.05) is 6.08 Å². The molecule has 0 aliphatic heterocycles. The summed E-state index contributed by atoms with van der Waals surface area (Å²) < 4.78 is 0. The Labute approximate surface area is 175 Å². The van der Waals surface area contributed by atoms with Crippen LogP contribution < -0.4 is 0 Å². The van der Waals surface area contributed by atoms with Crippen LogP contribution in [-0.4, -0.2) is 11.1 Å². The van der Waals surface area contributed by atoms with Gasteiger partial charge in [-0.2, -0.15) is 0 Å². The summed E-state index contributed by atoms with van der Waals surface area (Å²) in [6.07, 6.45) is 9.31. The van der Waals surface area contributed by atoms with Gasteiger partial charge in [0.05, 0.1) is 0 Å². The van der Waals surface area contributed by atoms with Gasteiger partial charge in [0.15, 0.2) is 0 Å². The van der Waals surface area contributed by atoms with Crippen molar-refractivity contribution in [3.8, 4) is 0 Å². The highest BCUT2D eigenvalue weighted by Crippen LogP contribution is 2.45. The molecule has 0 atom stereocenters. The number of aryl methyl sites for hydroxylation is 1. The van der Waals surface area contributed by atoms with Crippen LogP contribution in [0.3, 0.4) is 0 Å². The largest absolute Gasteiger partial charge is 0.478 e. The fourth-order valence-electron chi connectivity index (χ4n) is 4.26. The molecule has 2 heteroatoms. The molecular weight excluding hydrogens is 356 g/mol. The van der Waals surface area contributed by atoms with Gasteiger partial charge in [0.25, 0.3) is 0 Å². The number of carboxylic acid groups (broad SMARTS) is 1. The maximum absolute atomic E-state index is 11.0. The lowest BCUT2D eigenvalue weighted by molar-refractivity contribution is -0.131. The Morgan fingerprint density at radius 2 is 1.59 bits per heavy atom. The van der Waals surface area contributed by atoms with Gasteiger partial charge in [-0.1, -0.05) is 82.3 Å². The maximum Gasteiger partial charge on any atom is 0.328 e. The van der Waals surface area contributed by atoms with Crippen LogP contribution in [0.1, 0.15) is 69.2 Å². The van der Waals surface area contributed by atoms with Gasteiger partial charge in [0.1, 0.15) is 0 Å². The molecule has 0 aromatic heterocycles. The van der Waals surface area contributed by atoms with E-state index in [0.29, 0.717) is 0 Å². The molecule has 29 heavy (non-hydrogen) atoms. The third kappa shape index (κ3) is 5.06. The normalized spacial score (nSPS) is 17.9. The molecule has 1 aliphatic carbocycles. The second kappa shape index (κ2) is 8.41. The van der Waals surface area contributed by atoms with E-state index in [4.69, 9.17) is 5.11 Å². The summed E-state index contributed by atoms with van der Waals surface area (Å²) >= 11 is 0. The Kier molecular flexibility index (Phi) is 6.12. The van der Waals surface area contributed by atoms with Crippen LogP contribution in [0.15, 0.2) is 66.8 Å². The van der Waals surface area contributed by atoms with Gasteiger partial charge < -0.3 is 5.11 Å². The van der Waals surface area contributed by atoms with Crippen LogP contribution >= 0.6 is 0 Å². The number of hydrogen-bond donors (Lipinski definition) is 1. The molecule has 0 spiro atoms. The third-order valence-corrected chi connectivity index (χ3v) is 6.23. The first-order valence-corrected chi connectivity index (χ1v) is 10.5. The predicted octanol–water partition coefficient (Wildman–Crippen LogP) is 6.69. The van der Waals surface area contributed by atoms with E-state index in [-0.39, 0.29) is 10.8 Å². The van der Waals surface area contributed by atoms with E-state index in [9.17, 15) is 4.79 Å². The Morgan fingerprint density at radius 1 is 0.931 bits per heavy atom. The molecule has 0 radical (unpaired) electrons. The number of carboxylic acids is 1. The van der Waals surface area contributed by atoms with Crippen molar-refractivity contribution < 1.29 is 9.90 Å². The summed E-state index contributed by atoms with van der Waals surface area (Å²) in [5, 5.41) is 9.00. The molecule has 2 aromatic rings. The molecule has 0 fully saturated rings. The Balaban J connectivity index is 1.82. The van der Waals surface area contributed by atoms with E-state index in [2.05, 4.69) is 52.0 Å². The number of aliphatic carboxylic acids is 1. The van der Waals surface area contributed by atoms with Crippen molar-refractivity contribution in [1.29, 1.82) is 0 Å². The smallest absolute Gasteiger partial charge is 0.328 e. The fourth-order valence-corrected chi connectivity index (χ4v) is 4.26. The minimum atomic E-state index is -0.925. The minimum Gasteiger partial charge on any atom is -0.478 e. The first-order chi connectivity index (χ1) is 13.7. The summed E-state index contributed by atoms with van der Waals surface area (Å²) in [5.41, 5.74) is 6.78. The highest BCUT2D eigenvalue weighted by Gasteiger charge is 2.36. The third-order valence-electron chi connectivity index (χ3n) is 6.23. The first-order valence-electron chi connectivity index (χ1n) is 10.5. The average molecular weight is 389 g/mol. The molecule has 152 valence electrons. The van der Waals surface area contributed by atoms with E-state index in [1.807, 2.05) is 30.3 Å². The van der Waals surface area contributed by atoms with E-state index in [1.54, 1.807) is 6.08 Å². The van der Waals surface area contributed by atoms with Crippen LogP contribution in [0.25, 0.3) is 5.57 Å². The topological polar surface area (TPSA) is 37.3 Å². The zero-order valence-corrected chi connectivity index (χ0v) is 18.0. The van der Waals surface area contributed by atoms with Gasteiger partial charge in [-0.3, -0.25) is 0 Å². The van der Waals surface area contributed by atoms with Crippen molar-refractivity contribution in [2.75, 3.05) is 0 Å². The number of allylic oxidation sites excluding steroid dienone is 3. The van der Waals surface area contributed by atoms with Crippen LogP contribution in [0.5, 0.6) is 0 Å². The summed E-state index contributed by atoms with van der Waals surface area (Å²) in [4.78, 5) is 11.0. The molecule has 1 aliphatic rings. The summed E-state index contributed by atoms with van der Waals surface area (Å²) in [6.45, 7) is 9.42. The molecule has 0 saturated heterocycles. The highest BCUT2D eigenvalue weighted by molar-refractivity contribution is 5.85. The van der Waals surface area contributed by atoms with Crippen LogP contribution in [0.4, 0.5) is 0 Å². The maximum atomic E-state index is 11.0.